The number of hydrogen-bond donors (Lipinski definition) is 0. The second-order valence-corrected chi connectivity index (χ2v) is 10.0. The van der Waals surface area contributed by atoms with E-state index in [1.165, 1.54) is 16.7 Å². The Balaban J connectivity index is 1.73. The van der Waals surface area contributed by atoms with Gasteiger partial charge in [0.2, 0.25) is 0 Å². The molecule has 0 N–H and O–H groups in total. The molecule has 3 nitrogen and oxygen atoms in total. The second-order valence-electron chi connectivity index (χ2n) is 7.74. The summed E-state index contributed by atoms with van der Waals surface area (Å²) in [5.74, 6) is 1.28. The van der Waals surface area contributed by atoms with E-state index >= 15 is 0 Å². The molecule has 0 unspecified atom stereocenters. The summed E-state index contributed by atoms with van der Waals surface area (Å²) in [5.41, 5.74) is 4.39. The smallest absolute Gasteiger partial charge is 0.150 e. The molecule has 2 heterocycles. The average molecular weight is 321 g/mol. The molecule has 3 rings (SSSR count). The SMILES string of the molecule is Cc1ccc2c(c1)CN(CC1CCS(=O)(=O)CC1)C(C)(C)C2. The predicted molar refractivity (Wildman–Crippen MR) is 90.7 cm³/mol. The van der Waals surface area contributed by atoms with E-state index < -0.39 is 9.84 Å². The molecule has 22 heavy (non-hydrogen) atoms. The summed E-state index contributed by atoms with van der Waals surface area (Å²) in [6.07, 6.45) is 2.73. The van der Waals surface area contributed by atoms with Crippen LogP contribution in [0.2, 0.25) is 0 Å². The number of rotatable bonds is 2. The third-order valence-corrected chi connectivity index (χ3v) is 7.07. The van der Waals surface area contributed by atoms with E-state index in [1.54, 1.807) is 0 Å². The Morgan fingerprint density at radius 3 is 2.55 bits per heavy atom. The summed E-state index contributed by atoms with van der Waals surface area (Å²) in [6, 6.07) is 6.79. The van der Waals surface area contributed by atoms with Gasteiger partial charge in [0.05, 0.1) is 11.5 Å². The number of fused-ring (bicyclic) bond motifs is 1. The van der Waals surface area contributed by atoms with Gasteiger partial charge in [0.15, 0.2) is 0 Å². The van der Waals surface area contributed by atoms with Crippen LogP contribution in [0, 0.1) is 12.8 Å². The highest BCUT2D eigenvalue weighted by atomic mass is 32.2. The minimum Gasteiger partial charge on any atom is -0.293 e. The fourth-order valence-corrected chi connectivity index (χ4v) is 5.41. The first-order valence-corrected chi connectivity index (χ1v) is 10.1. The van der Waals surface area contributed by atoms with Gasteiger partial charge in [-0.25, -0.2) is 8.42 Å². The molecule has 2 aliphatic rings. The molecule has 4 heteroatoms. The summed E-state index contributed by atoms with van der Waals surface area (Å²) in [6.45, 7) is 8.80. The van der Waals surface area contributed by atoms with Gasteiger partial charge in [-0.15, -0.1) is 0 Å². The monoisotopic (exact) mass is 321 g/mol. The maximum atomic E-state index is 11.6. The van der Waals surface area contributed by atoms with Gasteiger partial charge in [0.25, 0.3) is 0 Å². The van der Waals surface area contributed by atoms with E-state index in [0.717, 1.165) is 32.4 Å². The largest absolute Gasteiger partial charge is 0.293 e. The topological polar surface area (TPSA) is 37.4 Å². The Morgan fingerprint density at radius 2 is 1.86 bits per heavy atom. The Kier molecular flexibility index (Phi) is 4.11. The molecule has 1 aromatic carbocycles. The minimum atomic E-state index is -2.76. The molecule has 0 saturated carbocycles. The van der Waals surface area contributed by atoms with Gasteiger partial charge in [0.1, 0.15) is 9.84 Å². The summed E-state index contributed by atoms with van der Waals surface area (Å²) in [5, 5.41) is 0. The van der Waals surface area contributed by atoms with Gasteiger partial charge in [-0.05, 0) is 57.1 Å². The van der Waals surface area contributed by atoms with Crippen LogP contribution in [0.4, 0.5) is 0 Å². The van der Waals surface area contributed by atoms with Crippen LogP contribution in [-0.2, 0) is 22.8 Å². The van der Waals surface area contributed by atoms with Crippen LogP contribution in [0.25, 0.3) is 0 Å². The van der Waals surface area contributed by atoms with E-state index in [0.29, 0.717) is 17.4 Å². The summed E-state index contributed by atoms with van der Waals surface area (Å²) in [4.78, 5) is 2.57. The molecule has 0 radical (unpaired) electrons. The van der Waals surface area contributed by atoms with Crippen LogP contribution in [0.15, 0.2) is 18.2 Å². The van der Waals surface area contributed by atoms with Crippen molar-refractivity contribution in [2.75, 3.05) is 18.1 Å². The Bertz CT molecular complexity index is 650. The highest BCUT2D eigenvalue weighted by Gasteiger charge is 2.35. The maximum Gasteiger partial charge on any atom is 0.150 e. The maximum absolute atomic E-state index is 11.6. The first-order chi connectivity index (χ1) is 10.3. The Labute approximate surface area is 134 Å². The van der Waals surface area contributed by atoms with Gasteiger partial charge in [-0.2, -0.15) is 0 Å². The molecule has 0 amide bonds. The van der Waals surface area contributed by atoms with Gasteiger partial charge >= 0.3 is 0 Å². The van der Waals surface area contributed by atoms with Crippen molar-refractivity contribution in [3.8, 4) is 0 Å². The zero-order valence-electron chi connectivity index (χ0n) is 13.9. The molecule has 2 aliphatic heterocycles. The number of aryl methyl sites for hydroxylation is 1. The fourth-order valence-electron chi connectivity index (χ4n) is 3.82. The molecular weight excluding hydrogens is 294 g/mol. The molecule has 122 valence electrons. The van der Waals surface area contributed by atoms with Crippen molar-refractivity contribution < 1.29 is 8.42 Å². The average Bonchev–Trinajstić information content (AvgIpc) is 2.42. The fraction of sp³-hybridized carbons (Fsp3) is 0.667. The standard InChI is InChI=1S/C18H27NO2S/c1-14-4-5-16-11-18(2,3)19(13-17(16)10-14)12-15-6-8-22(20,21)9-7-15/h4-5,10,15H,6-9,11-13H2,1-3H3. The van der Waals surface area contributed by atoms with E-state index in [1.807, 2.05) is 0 Å². The number of nitrogens with zero attached hydrogens (tertiary/aromatic N) is 1. The molecule has 1 aromatic rings. The highest BCUT2D eigenvalue weighted by Crippen LogP contribution is 2.33. The quantitative estimate of drug-likeness (QED) is 0.840. The molecule has 0 atom stereocenters. The number of benzene rings is 1. The van der Waals surface area contributed by atoms with E-state index in [-0.39, 0.29) is 5.54 Å². The van der Waals surface area contributed by atoms with Crippen molar-refractivity contribution in [2.45, 2.75) is 52.1 Å². The van der Waals surface area contributed by atoms with E-state index in [9.17, 15) is 8.42 Å². The molecule has 0 aliphatic carbocycles. The first-order valence-electron chi connectivity index (χ1n) is 8.29. The Morgan fingerprint density at radius 1 is 1.18 bits per heavy atom. The van der Waals surface area contributed by atoms with Gasteiger partial charge < -0.3 is 0 Å². The Hall–Kier alpha value is -0.870. The van der Waals surface area contributed by atoms with Crippen molar-refractivity contribution in [1.29, 1.82) is 0 Å². The molecular formula is C18H27NO2S. The molecule has 1 saturated heterocycles. The lowest BCUT2D eigenvalue weighted by Crippen LogP contribution is -2.50. The molecule has 0 aromatic heterocycles. The summed E-state index contributed by atoms with van der Waals surface area (Å²) >= 11 is 0. The van der Waals surface area contributed by atoms with Gasteiger partial charge in [-0.1, -0.05) is 23.8 Å². The van der Waals surface area contributed by atoms with Crippen LogP contribution in [0.5, 0.6) is 0 Å². The molecule has 0 bridgehead atoms. The normalized spacial score (nSPS) is 24.9. The van der Waals surface area contributed by atoms with Crippen LogP contribution in [0.3, 0.4) is 0 Å². The van der Waals surface area contributed by atoms with Crippen molar-refractivity contribution in [3.63, 3.8) is 0 Å². The molecule has 0 spiro atoms. The summed E-state index contributed by atoms with van der Waals surface area (Å²) < 4.78 is 23.2. The third-order valence-electron chi connectivity index (χ3n) is 5.35. The predicted octanol–water partition coefficient (Wildman–Crippen LogP) is 2.96. The second kappa shape index (κ2) is 5.64. The van der Waals surface area contributed by atoms with Crippen LogP contribution in [0.1, 0.15) is 43.4 Å². The van der Waals surface area contributed by atoms with E-state index in [2.05, 4.69) is 43.9 Å². The minimum absolute atomic E-state index is 0.151. The van der Waals surface area contributed by atoms with Crippen molar-refractivity contribution in [1.82, 2.24) is 4.90 Å². The molecule has 1 fully saturated rings. The van der Waals surface area contributed by atoms with Crippen LogP contribution in [-0.4, -0.2) is 36.9 Å². The zero-order valence-corrected chi connectivity index (χ0v) is 14.7. The van der Waals surface area contributed by atoms with Crippen LogP contribution >= 0.6 is 0 Å². The lowest BCUT2D eigenvalue weighted by atomic mass is 9.84. The third kappa shape index (κ3) is 3.38. The first kappa shape index (κ1) is 16.0. The highest BCUT2D eigenvalue weighted by molar-refractivity contribution is 7.91. The van der Waals surface area contributed by atoms with Crippen molar-refractivity contribution in [3.05, 3.63) is 34.9 Å². The van der Waals surface area contributed by atoms with Crippen LogP contribution < -0.4 is 0 Å². The van der Waals surface area contributed by atoms with Crippen molar-refractivity contribution in [2.24, 2.45) is 5.92 Å². The van der Waals surface area contributed by atoms with Gasteiger partial charge in [-0.3, -0.25) is 4.90 Å². The van der Waals surface area contributed by atoms with Crippen molar-refractivity contribution >= 4 is 9.84 Å². The lowest BCUT2D eigenvalue weighted by molar-refractivity contribution is 0.0755. The number of sulfone groups is 1. The number of hydrogen-bond acceptors (Lipinski definition) is 3. The van der Waals surface area contributed by atoms with E-state index in [4.69, 9.17) is 0 Å². The zero-order chi connectivity index (χ0) is 16.0. The summed E-state index contributed by atoms with van der Waals surface area (Å²) in [7, 11) is -2.76. The van der Waals surface area contributed by atoms with Gasteiger partial charge in [0, 0.05) is 18.6 Å². The lowest BCUT2D eigenvalue weighted by Gasteiger charge is -2.45.